The van der Waals surface area contributed by atoms with Crippen LogP contribution in [0.3, 0.4) is 0 Å². The molecule has 4 aromatic heterocycles. The minimum Gasteiger partial charge on any atom is -0.392 e. The van der Waals surface area contributed by atoms with Gasteiger partial charge in [0, 0.05) is 73.9 Å². The van der Waals surface area contributed by atoms with Crippen molar-refractivity contribution in [2.45, 2.75) is 71.6 Å². The Bertz CT molecular complexity index is 4270. The van der Waals surface area contributed by atoms with Gasteiger partial charge in [-0.1, -0.05) is 98.0 Å². The van der Waals surface area contributed by atoms with Crippen molar-refractivity contribution in [3.8, 4) is 33.6 Å². The fourth-order valence-corrected chi connectivity index (χ4v) is 11.8. The molecule has 14 rings (SSSR count). The summed E-state index contributed by atoms with van der Waals surface area (Å²) in [7, 11) is 0. The molecule has 0 bridgehead atoms. The minimum atomic E-state index is -4.74. The molecule has 6 N–H and O–H groups in total. The van der Waals surface area contributed by atoms with E-state index in [2.05, 4.69) is 31.5 Å². The highest BCUT2D eigenvalue weighted by Crippen LogP contribution is 2.41. The van der Waals surface area contributed by atoms with Crippen LogP contribution in [0.5, 0.6) is 0 Å². The number of nitrogens with two attached hydrogens (primary N) is 2. The Balaban J connectivity index is 0.000000176. The van der Waals surface area contributed by atoms with Gasteiger partial charge in [-0.25, -0.2) is 13.8 Å². The lowest BCUT2D eigenvalue weighted by Crippen LogP contribution is -2.39. The number of aromatic nitrogens is 6. The molecule has 0 aliphatic carbocycles. The summed E-state index contributed by atoms with van der Waals surface area (Å²) in [4.78, 5) is 44.1. The number of aldehydes is 1. The molecule has 468 valence electrons. The maximum atomic E-state index is 14.0. The van der Waals surface area contributed by atoms with Crippen molar-refractivity contribution in [2.24, 2.45) is 0 Å². The Hall–Kier alpha value is -9.40. The van der Waals surface area contributed by atoms with Crippen molar-refractivity contribution in [3.63, 3.8) is 0 Å². The van der Waals surface area contributed by atoms with Crippen LogP contribution in [0.1, 0.15) is 87.1 Å². The fourth-order valence-electron chi connectivity index (χ4n) is 11.5. The number of nitrogens with zero attached hydrogens (tertiary/aromatic N) is 10. The molecule has 0 spiro atoms. The van der Waals surface area contributed by atoms with E-state index in [0.29, 0.717) is 58.5 Å². The molecule has 2 fully saturated rings. The quantitative estimate of drug-likeness (QED) is 0.0596. The van der Waals surface area contributed by atoms with Crippen LogP contribution in [0, 0.1) is 0 Å². The third kappa shape index (κ3) is 12.5. The highest BCUT2D eigenvalue weighted by atomic mass is 35.5. The summed E-state index contributed by atoms with van der Waals surface area (Å²) in [5.74, 6) is -1.04. The third-order valence-electron chi connectivity index (χ3n) is 15.9. The summed E-state index contributed by atoms with van der Waals surface area (Å²) >= 11 is 5.48. The van der Waals surface area contributed by atoms with Gasteiger partial charge in [-0.2, -0.15) is 36.5 Å². The maximum absolute atomic E-state index is 14.0. The Kier molecular flexibility index (Phi) is 18.1. The number of fused-ring (bicyclic) bond motifs is 4. The van der Waals surface area contributed by atoms with E-state index in [4.69, 9.17) is 37.4 Å². The van der Waals surface area contributed by atoms with Gasteiger partial charge in [0.1, 0.15) is 11.4 Å². The van der Waals surface area contributed by atoms with E-state index in [9.17, 15) is 45.8 Å². The van der Waals surface area contributed by atoms with Gasteiger partial charge in [0.15, 0.2) is 40.5 Å². The largest absolute Gasteiger partial charge is 0.435 e. The van der Waals surface area contributed by atoms with Crippen LogP contribution in [-0.2, 0) is 31.7 Å². The van der Waals surface area contributed by atoms with Crippen LogP contribution in [0.25, 0.3) is 55.6 Å². The zero-order valence-corrected chi connectivity index (χ0v) is 47.2. The predicted octanol–water partition coefficient (Wildman–Crippen LogP) is 11.8. The number of anilines is 4. The van der Waals surface area contributed by atoms with Crippen molar-refractivity contribution in [1.82, 2.24) is 39.2 Å². The van der Waals surface area contributed by atoms with Crippen molar-refractivity contribution >= 4 is 74.8 Å². The zero-order chi connectivity index (χ0) is 61.8. The Morgan fingerprint density at radius 1 is 0.578 bits per heavy atom. The lowest BCUT2D eigenvalue weighted by atomic mass is 9.98. The molecule has 2 amide bonds. The first-order valence-electron chi connectivity index (χ1n) is 27.9. The van der Waals surface area contributed by atoms with Gasteiger partial charge < -0.3 is 40.5 Å². The van der Waals surface area contributed by atoms with E-state index >= 15 is 0 Å². The molecule has 90 heavy (non-hydrogen) atoms. The molecule has 0 unspecified atom stereocenters. The number of carbonyl (C=O) groups is 3. The number of carbonyl (C=O) groups excluding carboxylic acids is 3. The molecule has 6 aromatic carbocycles. The number of β-amino-alcohol motifs (C(OH)–C–C–N with tert-alkyl or cyclic N) is 2. The minimum absolute atomic E-state index is 0. The van der Waals surface area contributed by atoms with E-state index in [-0.39, 0.29) is 98.5 Å². The highest BCUT2D eigenvalue weighted by Gasteiger charge is 2.45. The van der Waals surface area contributed by atoms with Crippen molar-refractivity contribution in [2.75, 3.05) is 60.5 Å². The lowest BCUT2D eigenvalue weighted by molar-refractivity contribution is -0.142. The zero-order valence-electron chi connectivity index (χ0n) is 46.4. The van der Waals surface area contributed by atoms with E-state index in [1.165, 1.54) is 46.2 Å². The van der Waals surface area contributed by atoms with Gasteiger partial charge in [-0.3, -0.25) is 19.3 Å². The highest BCUT2D eigenvalue weighted by molar-refractivity contribution is 6.13. The number of benzene rings is 6. The van der Waals surface area contributed by atoms with Gasteiger partial charge in [0.05, 0.1) is 34.4 Å². The molecular weight excluding hydrogens is 1200 g/mol. The van der Waals surface area contributed by atoms with Crippen LogP contribution in [0.4, 0.5) is 49.4 Å². The van der Waals surface area contributed by atoms with E-state index < -0.39 is 35.6 Å². The van der Waals surface area contributed by atoms with Crippen LogP contribution < -0.4 is 21.3 Å². The Labute approximate surface area is 516 Å². The summed E-state index contributed by atoms with van der Waals surface area (Å²) in [5.41, 5.74) is 16.3. The summed E-state index contributed by atoms with van der Waals surface area (Å²) in [6.07, 6.45) is -7.67. The van der Waals surface area contributed by atoms with E-state index in [1.54, 1.807) is 40.8 Å². The SMILES string of the molecule is C.C.Nc1noc2ccc(-n3nc(C(F)(F)F)c4c3C(=O)N(c3ccc(-c5ccccc5C=O)cc3)CC4)cc12.Nc1noc2ccc(-n3nc(C(F)(F)F)c4c3C(=O)N(c3ccc(-c5ccccc5CN5CC[C@@H](O)C5)cc3)CC4)cc12.O[C@@H]1CCN(Cl)C1. The van der Waals surface area contributed by atoms with Gasteiger partial charge in [0.25, 0.3) is 11.8 Å². The van der Waals surface area contributed by atoms with E-state index in [1.807, 2.05) is 54.6 Å². The number of rotatable bonds is 9. The number of amides is 2. The predicted molar refractivity (Wildman–Crippen MR) is 328 cm³/mol. The summed E-state index contributed by atoms with van der Waals surface area (Å²) in [5, 5.41) is 34.6. The second-order valence-corrected chi connectivity index (χ2v) is 22.0. The number of likely N-dealkylation sites (tertiary alicyclic amines) is 1. The number of halogens is 7. The van der Waals surface area contributed by atoms with Crippen LogP contribution in [0.15, 0.2) is 143 Å². The van der Waals surface area contributed by atoms with Gasteiger partial charge in [-0.05, 0) is 126 Å². The number of hydrogen-bond acceptors (Lipinski definition) is 15. The molecule has 2 saturated heterocycles. The van der Waals surface area contributed by atoms with Crippen molar-refractivity contribution in [1.29, 1.82) is 0 Å². The van der Waals surface area contributed by atoms with Crippen LogP contribution in [-0.4, -0.2) is 119 Å². The standard InChI is InChI=1S/C31H27F3N6O3.C27H18F3N5O3.C4H8ClNO.2CH4/c32-31(33,34)28-24-12-14-39(30(42)27(24)40(36-28)21-9-10-26-25(15-21)29(35)37-43-26)20-7-5-18(6-8-20)23-4-2-1-3-19(23)16-38-13-11-22(41)17-38;28-27(29,30)24-20-11-12-34(17-7-5-15(6-8-17)19-4-2-1-3-16(19)14-36)26(37)23(20)35(32-24)18-9-10-22-21(13-18)25(31)33-38-22;5-6-2-1-4(7)3-6;;/h1-10,15,22,41H,11-14,16-17H2,(H2,35,37);1-10,13-14H,11-12H2,(H2,31,33);4,7H,1-3H2;2*1H4/t22-;;4-;;/m1.1../s1. The molecule has 26 heteroatoms. The van der Waals surface area contributed by atoms with Gasteiger partial charge >= 0.3 is 12.4 Å². The molecule has 0 saturated carbocycles. The normalized spacial score (nSPS) is 16.9. The smallest absolute Gasteiger partial charge is 0.392 e. The van der Waals surface area contributed by atoms with Gasteiger partial charge in [0.2, 0.25) is 0 Å². The van der Waals surface area contributed by atoms with Gasteiger partial charge in [-0.15, -0.1) is 0 Å². The molecular formula is C64H61ClF6N12O7. The first kappa shape index (κ1) is 63.6. The summed E-state index contributed by atoms with van der Waals surface area (Å²) < 4.78 is 97.7. The maximum Gasteiger partial charge on any atom is 0.435 e. The number of aliphatic hydroxyl groups excluding tert-OH is 2. The molecule has 8 heterocycles. The monoisotopic (exact) mass is 1260 g/mol. The Morgan fingerprint density at radius 2 is 1.02 bits per heavy atom. The molecule has 19 nitrogen and oxygen atoms in total. The number of aliphatic hydroxyl groups is 2. The third-order valence-corrected chi connectivity index (χ3v) is 16.2. The summed E-state index contributed by atoms with van der Waals surface area (Å²) in [6.45, 7) is 3.75. The average molecular weight is 1260 g/mol. The van der Waals surface area contributed by atoms with Crippen molar-refractivity contribution in [3.05, 3.63) is 178 Å². The summed E-state index contributed by atoms with van der Waals surface area (Å²) in [6, 6.07) is 38.6. The van der Waals surface area contributed by atoms with Crippen LogP contribution in [0.2, 0.25) is 0 Å². The number of nitrogen functional groups attached to an aromatic ring is 2. The topological polar surface area (TPSA) is 244 Å². The second-order valence-electron chi connectivity index (χ2n) is 21.5. The average Bonchev–Trinajstić information content (AvgIpc) is 1.58. The molecule has 4 aliphatic rings. The van der Waals surface area contributed by atoms with Crippen LogP contribution >= 0.6 is 11.8 Å². The van der Waals surface area contributed by atoms with Crippen molar-refractivity contribution < 1.29 is 60.0 Å². The Morgan fingerprint density at radius 3 is 1.46 bits per heavy atom. The number of hydrogen-bond donors (Lipinski definition) is 4. The first-order chi connectivity index (χ1) is 42.2. The molecule has 10 aromatic rings. The molecule has 0 radical (unpaired) electrons. The van der Waals surface area contributed by atoms with E-state index in [0.717, 1.165) is 69.4 Å². The second kappa shape index (κ2) is 25.6. The lowest BCUT2D eigenvalue weighted by Gasteiger charge is -2.28. The first-order valence-corrected chi connectivity index (χ1v) is 28.2. The number of alkyl halides is 6. The fraction of sp³-hybridized carbons (Fsp3) is 0.266. The molecule has 2 atom stereocenters. The molecule has 4 aliphatic heterocycles.